The summed E-state index contributed by atoms with van der Waals surface area (Å²) in [5, 5.41) is 2.99. The molecule has 0 bridgehead atoms. The molecule has 0 aliphatic heterocycles. The molecule has 3 rings (SSSR count). The van der Waals surface area contributed by atoms with Gasteiger partial charge < -0.3 is 5.32 Å². The third kappa shape index (κ3) is 2.97. The average Bonchev–Trinajstić information content (AvgIpc) is 2.90. The van der Waals surface area contributed by atoms with Crippen molar-refractivity contribution in [1.29, 1.82) is 0 Å². The summed E-state index contributed by atoms with van der Waals surface area (Å²) in [5.41, 5.74) is 3.57. The van der Waals surface area contributed by atoms with Gasteiger partial charge in [-0.2, -0.15) is 0 Å². The van der Waals surface area contributed by atoms with Crippen LogP contribution in [0.1, 0.15) is 36.5 Å². The van der Waals surface area contributed by atoms with Crippen LogP contribution in [0.15, 0.2) is 48.5 Å². The van der Waals surface area contributed by atoms with Gasteiger partial charge in [0.1, 0.15) is 5.82 Å². The Hall–Kier alpha value is -2.62. The molecule has 4 heteroatoms. The molecule has 0 radical (unpaired) electrons. The second-order valence-corrected chi connectivity index (χ2v) is 5.82. The first kappa shape index (κ1) is 15.3. The number of nitrogens with zero attached hydrogens (tertiary/aromatic N) is 2. The summed E-state index contributed by atoms with van der Waals surface area (Å²) >= 11 is 0. The fraction of sp³-hybridized carbons (Fsp3) is 0.263. The number of imidazole rings is 1. The van der Waals surface area contributed by atoms with Gasteiger partial charge in [0.2, 0.25) is 0 Å². The molecule has 4 nitrogen and oxygen atoms in total. The number of hydrogen-bond acceptors (Lipinski definition) is 2. The average molecular weight is 307 g/mol. The summed E-state index contributed by atoms with van der Waals surface area (Å²) in [7, 11) is 0. The summed E-state index contributed by atoms with van der Waals surface area (Å²) in [6, 6.07) is 16.0. The number of para-hydroxylation sites is 1. The predicted molar refractivity (Wildman–Crippen MR) is 93.0 cm³/mol. The highest BCUT2D eigenvalue weighted by molar-refractivity contribution is 5.97. The Bertz CT molecular complexity index is 836. The van der Waals surface area contributed by atoms with Gasteiger partial charge in [0, 0.05) is 17.3 Å². The highest BCUT2D eigenvalue weighted by atomic mass is 16.1. The molecule has 1 atom stereocenters. The smallest absolute Gasteiger partial charge is 0.251 e. The SMILES string of the molecule is CC[C@@H](C)NC(=O)c1ccc2c(c1)nc(C)n2-c1ccccc1. The molecule has 2 aromatic carbocycles. The van der Waals surface area contributed by atoms with Crippen molar-refractivity contribution in [3.8, 4) is 5.69 Å². The van der Waals surface area contributed by atoms with E-state index in [1.165, 1.54) is 0 Å². The third-order valence-electron chi connectivity index (χ3n) is 4.09. The van der Waals surface area contributed by atoms with Gasteiger partial charge in [-0.1, -0.05) is 25.1 Å². The molecule has 1 aromatic heterocycles. The molecular weight excluding hydrogens is 286 g/mol. The lowest BCUT2D eigenvalue weighted by Crippen LogP contribution is -2.31. The number of carbonyl (C=O) groups is 1. The number of rotatable bonds is 4. The highest BCUT2D eigenvalue weighted by Gasteiger charge is 2.13. The number of fused-ring (bicyclic) bond motifs is 1. The molecule has 0 fully saturated rings. The number of benzene rings is 2. The van der Waals surface area contributed by atoms with E-state index in [0.717, 1.165) is 29.0 Å². The maximum Gasteiger partial charge on any atom is 0.251 e. The van der Waals surface area contributed by atoms with Crippen LogP contribution in [-0.2, 0) is 0 Å². The zero-order valence-electron chi connectivity index (χ0n) is 13.7. The molecule has 3 aromatic rings. The van der Waals surface area contributed by atoms with Crippen LogP contribution in [-0.4, -0.2) is 21.5 Å². The lowest BCUT2D eigenvalue weighted by Gasteiger charge is -2.11. The van der Waals surface area contributed by atoms with E-state index < -0.39 is 0 Å². The molecule has 1 N–H and O–H groups in total. The van der Waals surface area contributed by atoms with Crippen molar-refractivity contribution in [2.75, 3.05) is 0 Å². The first-order valence-corrected chi connectivity index (χ1v) is 7.95. The predicted octanol–water partition coefficient (Wildman–Crippen LogP) is 3.86. The lowest BCUT2D eigenvalue weighted by molar-refractivity contribution is 0.0939. The van der Waals surface area contributed by atoms with Crippen molar-refractivity contribution in [3.05, 3.63) is 59.9 Å². The van der Waals surface area contributed by atoms with Crippen molar-refractivity contribution in [2.24, 2.45) is 0 Å². The first-order chi connectivity index (χ1) is 11.1. The van der Waals surface area contributed by atoms with Crippen molar-refractivity contribution < 1.29 is 4.79 Å². The summed E-state index contributed by atoms with van der Waals surface area (Å²) in [6.45, 7) is 6.04. The van der Waals surface area contributed by atoms with Crippen LogP contribution in [0.4, 0.5) is 0 Å². The molecule has 0 spiro atoms. The van der Waals surface area contributed by atoms with E-state index in [2.05, 4.69) is 33.9 Å². The Morgan fingerprint density at radius 3 is 2.65 bits per heavy atom. The molecule has 23 heavy (non-hydrogen) atoms. The number of nitrogens with one attached hydrogen (secondary N) is 1. The second kappa shape index (κ2) is 6.24. The maximum atomic E-state index is 12.3. The summed E-state index contributed by atoms with van der Waals surface area (Å²) < 4.78 is 2.10. The van der Waals surface area contributed by atoms with E-state index in [-0.39, 0.29) is 11.9 Å². The standard InChI is InChI=1S/C19H21N3O/c1-4-13(2)20-19(23)15-10-11-18-17(12-15)21-14(3)22(18)16-8-6-5-7-9-16/h5-13H,4H2,1-3H3,(H,20,23)/t13-/m1/s1. The molecule has 0 saturated heterocycles. The Morgan fingerprint density at radius 2 is 1.96 bits per heavy atom. The second-order valence-electron chi connectivity index (χ2n) is 5.82. The van der Waals surface area contributed by atoms with E-state index in [1.54, 1.807) is 0 Å². The quantitative estimate of drug-likeness (QED) is 0.795. The summed E-state index contributed by atoms with van der Waals surface area (Å²) in [4.78, 5) is 16.9. The largest absolute Gasteiger partial charge is 0.350 e. The van der Waals surface area contributed by atoms with Crippen LogP contribution in [0.5, 0.6) is 0 Å². The van der Waals surface area contributed by atoms with Crippen molar-refractivity contribution in [1.82, 2.24) is 14.9 Å². The van der Waals surface area contributed by atoms with Crippen LogP contribution >= 0.6 is 0 Å². The molecule has 118 valence electrons. The van der Waals surface area contributed by atoms with E-state index in [1.807, 2.05) is 50.2 Å². The van der Waals surface area contributed by atoms with Gasteiger partial charge in [0.05, 0.1) is 11.0 Å². The molecule has 0 aliphatic carbocycles. The first-order valence-electron chi connectivity index (χ1n) is 7.95. The highest BCUT2D eigenvalue weighted by Crippen LogP contribution is 2.22. The van der Waals surface area contributed by atoms with Crippen LogP contribution in [0.2, 0.25) is 0 Å². The van der Waals surface area contributed by atoms with E-state index in [9.17, 15) is 4.79 Å². The molecule has 0 saturated carbocycles. The topological polar surface area (TPSA) is 46.9 Å². The van der Waals surface area contributed by atoms with Gasteiger partial charge in [-0.15, -0.1) is 0 Å². The zero-order chi connectivity index (χ0) is 16.4. The fourth-order valence-corrected chi connectivity index (χ4v) is 2.65. The Balaban J connectivity index is 2.01. The van der Waals surface area contributed by atoms with Crippen molar-refractivity contribution in [3.63, 3.8) is 0 Å². The summed E-state index contributed by atoms with van der Waals surface area (Å²) in [5.74, 6) is 0.860. The number of hydrogen-bond donors (Lipinski definition) is 1. The van der Waals surface area contributed by atoms with Crippen molar-refractivity contribution >= 4 is 16.9 Å². The minimum Gasteiger partial charge on any atom is -0.350 e. The van der Waals surface area contributed by atoms with E-state index >= 15 is 0 Å². The Kier molecular flexibility index (Phi) is 4.15. The van der Waals surface area contributed by atoms with Gasteiger partial charge in [0.25, 0.3) is 5.91 Å². The van der Waals surface area contributed by atoms with Gasteiger partial charge >= 0.3 is 0 Å². The van der Waals surface area contributed by atoms with Gasteiger partial charge in [-0.05, 0) is 50.6 Å². The lowest BCUT2D eigenvalue weighted by atomic mass is 10.1. The number of carbonyl (C=O) groups excluding carboxylic acids is 1. The third-order valence-corrected chi connectivity index (χ3v) is 4.09. The van der Waals surface area contributed by atoms with Crippen LogP contribution in [0.25, 0.3) is 16.7 Å². The molecule has 0 unspecified atom stereocenters. The van der Waals surface area contributed by atoms with Gasteiger partial charge in [-0.25, -0.2) is 4.98 Å². The fourth-order valence-electron chi connectivity index (χ4n) is 2.65. The van der Waals surface area contributed by atoms with Crippen LogP contribution in [0.3, 0.4) is 0 Å². The summed E-state index contributed by atoms with van der Waals surface area (Å²) in [6.07, 6.45) is 0.912. The molecule has 0 aliphatic rings. The molecular formula is C19H21N3O. The monoisotopic (exact) mass is 307 g/mol. The minimum atomic E-state index is -0.0480. The number of aryl methyl sites for hydroxylation is 1. The zero-order valence-corrected chi connectivity index (χ0v) is 13.7. The number of amides is 1. The van der Waals surface area contributed by atoms with Crippen LogP contribution in [0, 0.1) is 6.92 Å². The van der Waals surface area contributed by atoms with Crippen molar-refractivity contribution in [2.45, 2.75) is 33.2 Å². The molecule has 1 amide bonds. The maximum absolute atomic E-state index is 12.3. The van der Waals surface area contributed by atoms with Crippen LogP contribution < -0.4 is 5.32 Å². The Morgan fingerprint density at radius 1 is 1.22 bits per heavy atom. The van der Waals surface area contributed by atoms with E-state index in [0.29, 0.717) is 5.56 Å². The molecule has 1 heterocycles. The van der Waals surface area contributed by atoms with Gasteiger partial charge in [-0.3, -0.25) is 9.36 Å². The number of aromatic nitrogens is 2. The van der Waals surface area contributed by atoms with Gasteiger partial charge in [0.15, 0.2) is 0 Å². The Labute approximate surface area is 136 Å². The minimum absolute atomic E-state index is 0.0480. The normalized spacial score (nSPS) is 12.3. The van der Waals surface area contributed by atoms with E-state index in [4.69, 9.17) is 0 Å².